The van der Waals surface area contributed by atoms with Crippen molar-refractivity contribution in [2.45, 2.75) is 24.5 Å². The lowest BCUT2D eigenvalue weighted by Crippen LogP contribution is -2.35. The Kier molecular flexibility index (Phi) is 3.63. The maximum atomic E-state index is 10.3. The van der Waals surface area contributed by atoms with Gasteiger partial charge in [-0.25, -0.2) is 9.97 Å². The number of rotatable bonds is 3. The number of nitrogens with one attached hydrogen (secondary N) is 1. The number of methoxy groups -OCH3 is 1. The van der Waals surface area contributed by atoms with Crippen molar-refractivity contribution in [2.24, 2.45) is 0 Å². The Morgan fingerprint density at radius 1 is 1.62 bits per heavy atom. The number of hydrogen-bond acceptors (Lipinski definition) is 8. The molecule has 1 saturated heterocycles. The number of imidazole rings is 1. The minimum Gasteiger partial charge on any atom is -0.394 e. The quantitative estimate of drug-likeness (QED) is 0.549. The van der Waals surface area contributed by atoms with Gasteiger partial charge in [0.1, 0.15) is 29.5 Å². The zero-order valence-corrected chi connectivity index (χ0v) is 11.9. The molecule has 114 valence electrons. The molecule has 4 atom stereocenters. The number of aromatic nitrogens is 4. The molecule has 10 heteroatoms. The highest BCUT2D eigenvalue weighted by atomic mass is 32.1. The molecule has 3 rings (SSSR count). The van der Waals surface area contributed by atoms with Gasteiger partial charge >= 0.3 is 0 Å². The summed E-state index contributed by atoms with van der Waals surface area (Å²) in [5, 5.41) is 19.6. The van der Waals surface area contributed by atoms with Crippen molar-refractivity contribution >= 4 is 29.3 Å². The van der Waals surface area contributed by atoms with Crippen LogP contribution < -0.4 is 5.73 Å². The molecule has 1 fully saturated rings. The Labute approximate surface area is 124 Å². The lowest BCUT2D eigenvalue weighted by molar-refractivity contribution is -0.0535. The van der Waals surface area contributed by atoms with Gasteiger partial charge < -0.3 is 30.4 Å². The van der Waals surface area contributed by atoms with E-state index in [1.165, 1.54) is 13.4 Å². The van der Waals surface area contributed by atoms with Crippen LogP contribution in [0.2, 0.25) is 0 Å². The first-order valence-electron chi connectivity index (χ1n) is 6.26. The zero-order valence-electron chi connectivity index (χ0n) is 11.1. The second-order valence-electron chi connectivity index (χ2n) is 4.71. The van der Waals surface area contributed by atoms with E-state index in [4.69, 9.17) is 27.4 Å². The second kappa shape index (κ2) is 5.31. The molecular weight excluding hydrogens is 298 g/mol. The van der Waals surface area contributed by atoms with E-state index in [0.29, 0.717) is 11.2 Å². The number of aromatic amines is 1. The Bertz CT molecular complexity index is 716. The maximum absolute atomic E-state index is 10.3. The van der Waals surface area contributed by atoms with Crippen LogP contribution >= 0.6 is 12.2 Å². The predicted octanol–water partition coefficient (Wildman–Crippen LogP) is -0.663. The summed E-state index contributed by atoms with van der Waals surface area (Å²) < 4.78 is 12.6. The fourth-order valence-corrected chi connectivity index (χ4v) is 2.78. The lowest BCUT2D eigenvalue weighted by Gasteiger charge is -2.18. The van der Waals surface area contributed by atoms with Gasteiger partial charge in [0.2, 0.25) is 0 Å². The highest BCUT2D eigenvalue weighted by Crippen LogP contribution is 2.32. The van der Waals surface area contributed by atoms with Gasteiger partial charge in [0, 0.05) is 7.11 Å². The minimum atomic E-state index is -0.971. The van der Waals surface area contributed by atoms with Crippen LogP contribution in [0.15, 0.2) is 6.33 Å². The van der Waals surface area contributed by atoms with Crippen LogP contribution in [0, 0.1) is 4.64 Å². The van der Waals surface area contributed by atoms with Crippen LogP contribution in [0.25, 0.3) is 11.2 Å². The molecule has 0 saturated carbocycles. The van der Waals surface area contributed by atoms with Crippen LogP contribution in [0.1, 0.15) is 6.23 Å². The Hall–Kier alpha value is -1.59. The minimum absolute atomic E-state index is 0.142. The molecule has 9 nitrogen and oxygen atoms in total. The molecule has 0 bridgehead atoms. The van der Waals surface area contributed by atoms with Gasteiger partial charge in [-0.2, -0.15) is 0 Å². The van der Waals surface area contributed by atoms with Gasteiger partial charge in [-0.3, -0.25) is 4.57 Å². The Balaban J connectivity index is 2.07. The average molecular weight is 313 g/mol. The molecule has 3 heterocycles. The molecule has 0 radical (unpaired) electrons. The first kappa shape index (κ1) is 14.4. The molecule has 4 unspecified atom stereocenters. The number of ether oxygens (including phenoxy) is 2. The van der Waals surface area contributed by atoms with Crippen molar-refractivity contribution in [3.05, 3.63) is 11.0 Å². The number of H-pyrrole nitrogens is 1. The van der Waals surface area contributed by atoms with E-state index in [1.807, 2.05) is 0 Å². The fourth-order valence-electron chi connectivity index (χ4n) is 2.53. The van der Waals surface area contributed by atoms with Crippen LogP contribution in [0.4, 0.5) is 5.95 Å². The third-order valence-electron chi connectivity index (χ3n) is 3.50. The van der Waals surface area contributed by atoms with Gasteiger partial charge in [0.15, 0.2) is 16.8 Å². The molecule has 0 spiro atoms. The largest absolute Gasteiger partial charge is 0.394 e. The van der Waals surface area contributed by atoms with Crippen molar-refractivity contribution < 1.29 is 19.7 Å². The van der Waals surface area contributed by atoms with Crippen molar-refractivity contribution in [3.63, 3.8) is 0 Å². The summed E-state index contributed by atoms with van der Waals surface area (Å²) in [6, 6.07) is 0. The SMILES string of the molecule is COC1C(CO)OC(n2cnc3c(=S)nc(N)[nH]c32)C1O. The number of fused-ring (bicyclic) bond motifs is 1. The van der Waals surface area contributed by atoms with Gasteiger partial charge in [-0.1, -0.05) is 12.2 Å². The first-order valence-corrected chi connectivity index (χ1v) is 6.67. The lowest BCUT2D eigenvalue weighted by atomic mass is 10.1. The molecule has 2 aromatic rings. The van der Waals surface area contributed by atoms with Crippen molar-refractivity contribution in [3.8, 4) is 0 Å². The second-order valence-corrected chi connectivity index (χ2v) is 5.10. The number of aliphatic hydroxyl groups excluding tert-OH is 2. The van der Waals surface area contributed by atoms with E-state index in [0.717, 1.165) is 0 Å². The molecule has 0 amide bonds. The van der Waals surface area contributed by atoms with E-state index in [2.05, 4.69) is 15.0 Å². The van der Waals surface area contributed by atoms with E-state index in [9.17, 15) is 10.2 Å². The average Bonchev–Trinajstić information content (AvgIpc) is 2.99. The molecule has 21 heavy (non-hydrogen) atoms. The molecule has 0 aromatic carbocycles. The predicted molar refractivity (Wildman–Crippen MR) is 74.9 cm³/mol. The van der Waals surface area contributed by atoms with E-state index in [-0.39, 0.29) is 17.2 Å². The molecule has 1 aliphatic heterocycles. The molecule has 2 aromatic heterocycles. The monoisotopic (exact) mass is 313 g/mol. The molecule has 1 aliphatic rings. The highest BCUT2D eigenvalue weighted by molar-refractivity contribution is 7.71. The Morgan fingerprint density at radius 3 is 3.00 bits per heavy atom. The summed E-state index contributed by atoms with van der Waals surface area (Å²) in [4.78, 5) is 10.9. The number of nitrogens with zero attached hydrogens (tertiary/aromatic N) is 3. The maximum Gasteiger partial charge on any atom is 0.200 e. The van der Waals surface area contributed by atoms with Crippen LogP contribution in [0.5, 0.6) is 0 Å². The number of nitrogens with two attached hydrogens (primary N) is 1. The van der Waals surface area contributed by atoms with Gasteiger partial charge in [0.25, 0.3) is 0 Å². The van der Waals surface area contributed by atoms with Gasteiger partial charge in [0.05, 0.1) is 12.9 Å². The first-order chi connectivity index (χ1) is 10.1. The van der Waals surface area contributed by atoms with Crippen molar-refractivity contribution in [2.75, 3.05) is 19.5 Å². The molecular formula is C11H15N5O4S. The fraction of sp³-hybridized carbons (Fsp3) is 0.545. The number of hydrogen-bond donors (Lipinski definition) is 4. The van der Waals surface area contributed by atoms with Crippen molar-refractivity contribution in [1.29, 1.82) is 0 Å². The third kappa shape index (κ3) is 2.21. The van der Waals surface area contributed by atoms with Gasteiger partial charge in [-0.05, 0) is 0 Å². The topological polar surface area (TPSA) is 131 Å². The third-order valence-corrected chi connectivity index (χ3v) is 3.79. The normalized spacial score (nSPS) is 29.3. The van der Waals surface area contributed by atoms with Crippen molar-refractivity contribution in [1.82, 2.24) is 19.5 Å². The van der Waals surface area contributed by atoms with Crippen LogP contribution in [-0.4, -0.2) is 61.8 Å². The van der Waals surface area contributed by atoms with Gasteiger partial charge in [-0.15, -0.1) is 0 Å². The Morgan fingerprint density at radius 2 is 2.38 bits per heavy atom. The highest BCUT2D eigenvalue weighted by Gasteiger charge is 2.45. The van der Waals surface area contributed by atoms with Crippen LogP contribution in [-0.2, 0) is 9.47 Å². The zero-order chi connectivity index (χ0) is 15.1. The van der Waals surface area contributed by atoms with Crippen LogP contribution in [0.3, 0.4) is 0 Å². The number of aliphatic hydroxyl groups is 2. The van der Waals surface area contributed by atoms with E-state index >= 15 is 0 Å². The number of nitrogen functional groups attached to an aromatic ring is 1. The summed E-state index contributed by atoms with van der Waals surface area (Å²) in [5.41, 5.74) is 6.60. The smallest absolute Gasteiger partial charge is 0.200 e. The van der Waals surface area contributed by atoms with E-state index < -0.39 is 24.5 Å². The summed E-state index contributed by atoms with van der Waals surface area (Å²) in [6.45, 7) is -0.265. The molecule has 5 N–H and O–H groups in total. The summed E-state index contributed by atoms with van der Waals surface area (Å²) in [5.74, 6) is 0.142. The van der Waals surface area contributed by atoms with E-state index in [1.54, 1.807) is 4.57 Å². The summed E-state index contributed by atoms with van der Waals surface area (Å²) >= 11 is 5.10. The summed E-state index contributed by atoms with van der Waals surface area (Å²) in [7, 11) is 1.45. The standard InChI is InChI=1S/C11H15N5O4S/c1-19-7-4(2-17)20-10(6(7)18)16-3-13-5-8(16)14-11(12)15-9(5)21/h3-4,6-7,10,17-18H,2H2,1H3,(H3,12,14,15,21). The number of anilines is 1. The molecule has 0 aliphatic carbocycles. The summed E-state index contributed by atoms with van der Waals surface area (Å²) in [6.07, 6.45) is -1.54.